The molecule has 0 saturated carbocycles. The Hall–Kier alpha value is -3.60. The molecule has 200 valence electrons. The van der Waals surface area contributed by atoms with Gasteiger partial charge in [-0.2, -0.15) is 13.2 Å². The summed E-state index contributed by atoms with van der Waals surface area (Å²) in [6.45, 7) is 2.87. The van der Waals surface area contributed by atoms with Gasteiger partial charge in [0.15, 0.2) is 5.13 Å². The van der Waals surface area contributed by atoms with E-state index in [1.807, 2.05) is 24.4 Å². The smallest absolute Gasteiger partial charge is 0.361 e. The maximum atomic E-state index is 13.2. The van der Waals surface area contributed by atoms with Gasteiger partial charge in [-0.25, -0.2) is 4.98 Å². The Morgan fingerprint density at radius 3 is 2.84 bits per heavy atom. The Balaban J connectivity index is 1.30. The van der Waals surface area contributed by atoms with Crippen molar-refractivity contribution in [2.45, 2.75) is 57.9 Å². The van der Waals surface area contributed by atoms with E-state index in [4.69, 9.17) is 0 Å². The number of nitrogens with zero attached hydrogens (tertiary/aromatic N) is 3. The molecular weight excluding hydrogens is 515 g/mol. The topological polar surface area (TPSA) is 83.0 Å². The molecule has 0 spiro atoms. The predicted molar refractivity (Wildman–Crippen MR) is 142 cm³/mol. The van der Waals surface area contributed by atoms with Gasteiger partial charge >= 0.3 is 6.18 Å². The molecule has 11 heteroatoms. The first kappa shape index (κ1) is 26.0. The Kier molecular flexibility index (Phi) is 7.29. The SMILES string of the molecule is CCCCC(Cc1c[nH]c2ccccc12)NC(=O)c1cnc(N2CCn3c(cc(C(F)(F)F)cc3=O)C2)s1. The van der Waals surface area contributed by atoms with Crippen LogP contribution in [0.25, 0.3) is 10.9 Å². The molecule has 7 nitrogen and oxygen atoms in total. The van der Waals surface area contributed by atoms with E-state index in [-0.39, 0.29) is 30.7 Å². The highest BCUT2D eigenvalue weighted by Crippen LogP contribution is 2.31. The highest BCUT2D eigenvalue weighted by Gasteiger charge is 2.33. The normalized spacial score (nSPS) is 14.5. The maximum Gasteiger partial charge on any atom is 0.416 e. The van der Waals surface area contributed by atoms with Gasteiger partial charge in [0.25, 0.3) is 11.5 Å². The summed E-state index contributed by atoms with van der Waals surface area (Å²) in [5, 5.41) is 4.84. The van der Waals surface area contributed by atoms with E-state index in [1.54, 1.807) is 4.90 Å². The summed E-state index contributed by atoms with van der Waals surface area (Å²) in [4.78, 5) is 35.3. The third-order valence-electron chi connectivity index (χ3n) is 6.86. The molecule has 3 aromatic heterocycles. The number of aromatic amines is 1. The number of H-pyrrole nitrogens is 1. The molecule has 1 aliphatic rings. The van der Waals surface area contributed by atoms with Crippen molar-refractivity contribution in [1.29, 1.82) is 0 Å². The number of anilines is 1. The number of amides is 1. The molecule has 2 N–H and O–H groups in total. The fraction of sp³-hybridized carbons (Fsp3) is 0.370. The molecule has 4 aromatic rings. The average Bonchev–Trinajstić information content (AvgIpc) is 3.54. The zero-order chi connectivity index (χ0) is 26.9. The Bertz CT molecular complexity index is 1510. The molecule has 0 bridgehead atoms. The van der Waals surface area contributed by atoms with E-state index in [1.165, 1.54) is 22.1 Å². The number of hydrogen-bond acceptors (Lipinski definition) is 5. The van der Waals surface area contributed by atoms with E-state index >= 15 is 0 Å². The minimum Gasteiger partial charge on any atom is -0.361 e. The molecule has 1 aliphatic heterocycles. The Morgan fingerprint density at radius 2 is 2.05 bits per heavy atom. The molecule has 0 radical (unpaired) electrons. The van der Waals surface area contributed by atoms with Crippen molar-refractivity contribution in [3.63, 3.8) is 0 Å². The molecular formula is C27H28F3N5O2S. The van der Waals surface area contributed by atoms with Crippen molar-refractivity contribution < 1.29 is 18.0 Å². The van der Waals surface area contributed by atoms with Gasteiger partial charge < -0.3 is 19.8 Å². The number of carbonyl (C=O) groups is 1. The fourth-order valence-corrected chi connectivity index (χ4v) is 5.72. The second-order valence-corrected chi connectivity index (χ2v) is 10.5. The number of pyridine rings is 1. The van der Waals surface area contributed by atoms with Crippen molar-refractivity contribution in [1.82, 2.24) is 19.9 Å². The van der Waals surface area contributed by atoms with Crippen molar-refractivity contribution in [3.05, 3.63) is 80.8 Å². The summed E-state index contributed by atoms with van der Waals surface area (Å²) >= 11 is 1.20. The first-order valence-electron chi connectivity index (χ1n) is 12.6. The van der Waals surface area contributed by atoms with Crippen LogP contribution in [0.15, 0.2) is 53.6 Å². The maximum absolute atomic E-state index is 13.2. The minimum atomic E-state index is -4.59. The first-order valence-corrected chi connectivity index (χ1v) is 13.4. The molecule has 0 aliphatic carbocycles. The second kappa shape index (κ2) is 10.6. The van der Waals surface area contributed by atoms with Gasteiger partial charge in [0.1, 0.15) is 4.88 Å². The van der Waals surface area contributed by atoms with E-state index < -0.39 is 17.3 Å². The number of rotatable bonds is 8. The molecule has 0 saturated heterocycles. The van der Waals surface area contributed by atoms with Crippen LogP contribution in [0, 0.1) is 0 Å². The van der Waals surface area contributed by atoms with Crippen LogP contribution in [-0.2, 0) is 25.7 Å². The van der Waals surface area contributed by atoms with Crippen LogP contribution in [0.3, 0.4) is 0 Å². The van der Waals surface area contributed by atoms with Crippen LogP contribution in [0.4, 0.5) is 18.3 Å². The number of para-hydroxylation sites is 1. The number of benzene rings is 1. The lowest BCUT2D eigenvalue weighted by molar-refractivity contribution is -0.137. The van der Waals surface area contributed by atoms with Gasteiger partial charge in [-0.1, -0.05) is 49.3 Å². The standard InChI is InChI=1S/C27H28F3N5O2S/c1-2-3-6-19(11-17-14-31-22-8-5-4-7-21(17)22)33-25(37)23-15-32-26(38-23)34-9-10-35-20(16-34)12-18(13-24(35)36)27(28,29)30/h4-5,7-8,12-15,19,31H,2-3,6,9-11,16H2,1H3,(H,33,37). The number of thiazole rings is 1. The van der Waals surface area contributed by atoms with Gasteiger partial charge in [0, 0.05) is 48.0 Å². The molecule has 5 rings (SSSR count). The van der Waals surface area contributed by atoms with E-state index in [0.29, 0.717) is 29.0 Å². The van der Waals surface area contributed by atoms with E-state index in [2.05, 4.69) is 28.3 Å². The van der Waals surface area contributed by atoms with Crippen LogP contribution in [0.5, 0.6) is 0 Å². The monoisotopic (exact) mass is 543 g/mol. The molecule has 1 unspecified atom stereocenters. The molecule has 1 amide bonds. The van der Waals surface area contributed by atoms with Crippen LogP contribution < -0.4 is 15.8 Å². The first-order chi connectivity index (χ1) is 18.2. The van der Waals surface area contributed by atoms with Crippen LogP contribution in [0.1, 0.15) is 52.7 Å². The highest BCUT2D eigenvalue weighted by atomic mass is 32.1. The lowest BCUT2D eigenvalue weighted by atomic mass is 10.0. The van der Waals surface area contributed by atoms with Crippen LogP contribution in [0.2, 0.25) is 0 Å². The summed E-state index contributed by atoms with van der Waals surface area (Å²) < 4.78 is 41.0. The second-order valence-electron chi connectivity index (χ2n) is 9.53. The van der Waals surface area contributed by atoms with Gasteiger partial charge in [-0.15, -0.1) is 0 Å². The number of nitrogens with one attached hydrogen (secondary N) is 2. The Morgan fingerprint density at radius 1 is 1.24 bits per heavy atom. The van der Waals surface area contributed by atoms with Crippen LogP contribution in [-0.4, -0.2) is 33.0 Å². The van der Waals surface area contributed by atoms with Crippen molar-refractivity contribution in [2.75, 3.05) is 11.4 Å². The summed E-state index contributed by atoms with van der Waals surface area (Å²) in [7, 11) is 0. The van der Waals surface area contributed by atoms with Gasteiger partial charge in [0.05, 0.1) is 18.3 Å². The van der Waals surface area contributed by atoms with E-state index in [9.17, 15) is 22.8 Å². The largest absolute Gasteiger partial charge is 0.416 e. The van der Waals surface area contributed by atoms with Crippen molar-refractivity contribution in [3.8, 4) is 0 Å². The Labute approximate surface area is 221 Å². The number of halogens is 3. The number of carbonyl (C=O) groups excluding carboxylic acids is 1. The highest BCUT2D eigenvalue weighted by molar-refractivity contribution is 7.17. The third kappa shape index (κ3) is 5.47. The van der Waals surface area contributed by atoms with E-state index in [0.717, 1.165) is 41.8 Å². The number of unbranched alkanes of at least 4 members (excludes halogenated alkanes) is 1. The molecule has 1 aromatic carbocycles. The van der Waals surface area contributed by atoms with Gasteiger partial charge in [0.2, 0.25) is 0 Å². The number of alkyl halides is 3. The molecule has 1 atom stereocenters. The lowest BCUT2D eigenvalue weighted by Crippen LogP contribution is -2.39. The predicted octanol–water partition coefficient (Wildman–Crippen LogP) is 5.36. The van der Waals surface area contributed by atoms with Crippen molar-refractivity contribution >= 4 is 33.3 Å². The lowest BCUT2D eigenvalue weighted by Gasteiger charge is -2.30. The van der Waals surface area contributed by atoms with Gasteiger partial charge in [-0.05, 0) is 30.5 Å². The summed E-state index contributed by atoms with van der Waals surface area (Å²) in [6.07, 6.45) is 2.43. The molecule has 38 heavy (non-hydrogen) atoms. The van der Waals surface area contributed by atoms with Crippen LogP contribution >= 0.6 is 11.3 Å². The van der Waals surface area contributed by atoms with Crippen molar-refractivity contribution in [2.24, 2.45) is 0 Å². The molecule has 0 fully saturated rings. The summed E-state index contributed by atoms with van der Waals surface area (Å²) in [5.41, 5.74) is 0.858. The zero-order valence-electron chi connectivity index (χ0n) is 20.8. The zero-order valence-corrected chi connectivity index (χ0v) is 21.7. The summed E-state index contributed by atoms with van der Waals surface area (Å²) in [5.74, 6) is -0.220. The minimum absolute atomic E-state index is 0.0539. The number of hydrogen-bond donors (Lipinski definition) is 2. The average molecular weight is 544 g/mol. The number of fused-ring (bicyclic) bond motifs is 2. The third-order valence-corrected chi connectivity index (χ3v) is 7.91. The summed E-state index contributed by atoms with van der Waals surface area (Å²) in [6, 6.07) is 9.66. The quantitative estimate of drug-likeness (QED) is 0.314. The fourth-order valence-electron chi connectivity index (χ4n) is 4.87. The van der Waals surface area contributed by atoms with Gasteiger partial charge in [-0.3, -0.25) is 9.59 Å². The number of aromatic nitrogens is 3. The molecule has 4 heterocycles.